The molecule has 0 spiro atoms. The van der Waals surface area contributed by atoms with Crippen molar-refractivity contribution in [2.45, 2.75) is 152 Å². The third kappa shape index (κ3) is 26.5. The van der Waals surface area contributed by atoms with E-state index in [1.807, 2.05) is 6.08 Å². The summed E-state index contributed by atoms with van der Waals surface area (Å²) in [6.45, 7) is 20.3. The second-order valence-corrected chi connectivity index (χ2v) is 12.6. The largest absolute Gasteiger partial charge is 0.392 e. The summed E-state index contributed by atoms with van der Waals surface area (Å²) < 4.78 is 0. The monoisotopic (exact) mass is 563 g/mol. The molecule has 0 saturated heterocycles. The molecule has 0 bridgehead atoms. The van der Waals surface area contributed by atoms with Gasteiger partial charge in [0, 0.05) is 0 Å². The van der Waals surface area contributed by atoms with Gasteiger partial charge < -0.3 is 5.11 Å². The molecule has 0 radical (unpaired) electrons. The Balaban J connectivity index is 4.18. The molecule has 0 aromatic carbocycles. The average molecular weight is 563 g/mol. The summed E-state index contributed by atoms with van der Waals surface area (Å²) in [6, 6.07) is 0. The maximum absolute atomic E-state index is 8.95. The highest BCUT2D eigenvalue weighted by atomic mass is 16.2. The number of aliphatic hydroxyl groups is 1. The van der Waals surface area contributed by atoms with Crippen molar-refractivity contribution in [1.29, 1.82) is 0 Å². The molecule has 0 amide bonds. The van der Waals surface area contributed by atoms with Gasteiger partial charge in [-0.25, -0.2) is 0 Å². The highest BCUT2D eigenvalue weighted by molar-refractivity contribution is 5.10. The van der Waals surface area contributed by atoms with Gasteiger partial charge in [-0.2, -0.15) is 0 Å². The molecule has 1 nitrogen and oxygen atoms in total. The molecule has 0 heterocycles. The summed E-state index contributed by atoms with van der Waals surface area (Å²) in [7, 11) is 0. The van der Waals surface area contributed by atoms with Crippen molar-refractivity contribution in [2.75, 3.05) is 6.61 Å². The second-order valence-electron chi connectivity index (χ2n) is 12.6. The van der Waals surface area contributed by atoms with Crippen molar-refractivity contribution < 1.29 is 5.11 Å². The van der Waals surface area contributed by atoms with Crippen molar-refractivity contribution in [1.82, 2.24) is 0 Å². The van der Waals surface area contributed by atoms with Crippen LogP contribution in [0.3, 0.4) is 0 Å². The first-order valence-electron chi connectivity index (χ1n) is 16.4. The van der Waals surface area contributed by atoms with Gasteiger partial charge in [0.1, 0.15) is 0 Å². The minimum absolute atomic E-state index is 0.151. The Kier molecular flexibility index (Phi) is 24.3. The highest BCUT2D eigenvalue weighted by Crippen LogP contribution is 2.17. The Morgan fingerprint density at radius 3 is 0.707 bits per heavy atom. The first-order valence-corrected chi connectivity index (χ1v) is 16.4. The van der Waals surface area contributed by atoms with E-state index in [-0.39, 0.29) is 6.61 Å². The minimum Gasteiger partial charge on any atom is -0.392 e. The number of allylic oxidation sites excluding steroid dienone is 15. The Morgan fingerprint density at radius 2 is 0.512 bits per heavy atom. The summed E-state index contributed by atoms with van der Waals surface area (Å²) >= 11 is 0. The van der Waals surface area contributed by atoms with Crippen molar-refractivity contribution >= 4 is 0 Å². The zero-order valence-electron chi connectivity index (χ0n) is 28.7. The number of rotatable bonds is 22. The molecular formula is C40H66O. The van der Waals surface area contributed by atoms with E-state index in [0.717, 1.165) is 51.4 Å². The molecule has 1 N–H and O–H groups in total. The highest BCUT2D eigenvalue weighted by Gasteiger charge is 1.96. The van der Waals surface area contributed by atoms with E-state index in [0.29, 0.717) is 0 Å². The van der Waals surface area contributed by atoms with Gasteiger partial charge in [0.2, 0.25) is 0 Å². The smallest absolute Gasteiger partial charge is 0.0614 e. The van der Waals surface area contributed by atoms with Gasteiger partial charge in [0.15, 0.2) is 0 Å². The van der Waals surface area contributed by atoms with Gasteiger partial charge in [-0.3, -0.25) is 0 Å². The summed E-state index contributed by atoms with van der Waals surface area (Å²) in [5.41, 5.74) is 11.8. The maximum Gasteiger partial charge on any atom is 0.0614 e. The van der Waals surface area contributed by atoms with Gasteiger partial charge in [0.25, 0.3) is 0 Å². The topological polar surface area (TPSA) is 20.2 Å². The van der Waals surface area contributed by atoms with E-state index >= 15 is 0 Å². The van der Waals surface area contributed by atoms with E-state index in [4.69, 9.17) is 5.11 Å². The van der Waals surface area contributed by atoms with Crippen LogP contribution in [0.5, 0.6) is 0 Å². The predicted octanol–water partition coefficient (Wildman–Crippen LogP) is 13.0. The summed E-state index contributed by atoms with van der Waals surface area (Å²) in [4.78, 5) is 0. The van der Waals surface area contributed by atoms with Crippen LogP contribution in [0.2, 0.25) is 0 Å². The van der Waals surface area contributed by atoms with Gasteiger partial charge in [-0.15, -0.1) is 0 Å². The minimum atomic E-state index is 0.151. The SMILES string of the molecule is CC(C)=CCC/C(C)=C/CC/C(C)=C/CC/C(C)=C/CC/C(C)=C/CC/C(C)=C/CC/C(C)=C/CC/C(C)=C/CO. The number of hydrogen-bond acceptors (Lipinski definition) is 1. The van der Waals surface area contributed by atoms with Crippen LogP contribution in [-0.4, -0.2) is 11.7 Å². The third-order valence-electron chi connectivity index (χ3n) is 7.72. The van der Waals surface area contributed by atoms with Crippen LogP contribution in [-0.2, 0) is 0 Å². The lowest BCUT2D eigenvalue weighted by Gasteiger charge is -2.04. The van der Waals surface area contributed by atoms with Crippen LogP contribution >= 0.6 is 0 Å². The van der Waals surface area contributed by atoms with Crippen molar-refractivity contribution in [3.63, 3.8) is 0 Å². The number of aliphatic hydroxyl groups excluding tert-OH is 1. The molecule has 0 fully saturated rings. The molecule has 0 aromatic heterocycles. The summed E-state index contributed by atoms with van der Waals surface area (Å²) in [6.07, 6.45) is 34.9. The zero-order valence-corrected chi connectivity index (χ0v) is 28.7. The standard InChI is InChI=1S/C40H66O/c1-33(2)17-10-18-34(3)19-11-20-35(4)21-12-22-36(5)23-13-24-37(6)25-14-26-38(7)27-15-28-39(8)29-16-30-40(9)31-32-41/h17,19,21,23,25,27,29,31,41H,10-16,18,20,22,24,26,28,30,32H2,1-9H3/b34-19+,35-21+,36-23+,37-25+,38-27+,39-29+,40-31+. The van der Waals surface area contributed by atoms with Gasteiger partial charge in [-0.05, 0) is 152 Å². The Hall–Kier alpha value is -2.12. The zero-order chi connectivity index (χ0) is 30.9. The second kappa shape index (κ2) is 25.6. The van der Waals surface area contributed by atoms with Crippen molar-refractivity contribution in [3.8, 4) is 0 Å². The molecule has 0 aliphatic carbocycles. The Bertz CT molecular complexity index is 951. The van der Waals surface area contributed by atoms with Crippen LogP contribution in [0.25, 0.3) is 0 Å². The fourth-order valence-corrected chi connectivity index (χ4v) is 4.74. The third-order valence-corrected chi connectivity index (χ3v) is 7.72. The normalized spacial score (nSPS) is 14.6. The van der Waals surface area contributed by atoms with E-state index in [9.17, 15) is 0 Å². The van der Waals surface area contributed by atoms with E-state index in [1.54, 1.807) is 0 Å². The molecule has 0 atom stereocenters. The van der Waals surface area contributed by atoms with Crippen molar-refractivity contribution in [3.05, 3.63) is 93.2 Å². The molecular weight excluding hydrogens is 496 g/mol. The quantitative estimate of drug-likeness (QED) is 0.130. The Morgan fingerprint density at radius 1 is 0.317 bits per heavy atom. The molecule has 0 rings (SSSR count). The molecule has 0 aliphatic rings. The Labute approximate surface area is 256 Å². The lowest BCUT2D eigenvalue weighted by atomic mass is 10.0. The van der Waals surface area contributed by atoms with Crippen molar-refractivity contribution in [2.24, 2.45) is 0 Å². The van der Waals surface area contributed by atoms with E-state index in [1.165, 1.54) is 83.1 Å². The van der Waals surface area contributed by atoms with Crippen LogP contribution in [0, 0.1) is 0 Å². The van der Waals surface area contributed by atoms with E-state index < -0.39 is 0 Å². The molecule has 0 unspecified atom stereocenters. The van der Waals surface area contributed by atoms with Crippen LogP contribution in [0.4, 0.5) is 0 Å². The maximum atomic E-state index is 8.95. The fraction of sp³-hybridized carbons (Fsp3) is 0.600. The van der Waals surface area contributed by atoms with Gasteiger partial charge >= 0.3 is 0 Å². The predicted molar refractivity (Wildman–Crippen MR) is 187 cm³/mol. The fourth-order valence-electron chi connectivity index (χ4n) is 4.74. The molecule has 1 heteroatoms. The van der Waals surface area contributed by atoms with Gasteiger partial charge in [0.05, 0.1) is 6.61 Å². The first-order chi connectivity index (χ1) is 19.5. The van der Waals surface area contributed by atoms with Crippen LogP contribution in [0.15, 0.2) is 93.2 Å². The molecule has 232 valence electrons. The van der Waals surface area contributed by atoms with Crippen LogP contribution < -0.4 is 0 Å². The molecule has 0 aliphatic heterocycles. The lowest BCUT2D eigenvalue weighted by molar-refractivity contribution is 0.341. The van der Waals surface area contributed by atoms with Gasteiger partial charge in [-0.1, -0.05) is 93.2 Å². The molecule has 0 saturated carbocycles. The average Bonchev–Trinajstić information content (AvgIpc) is 2.88. The first kappa shape index (κ1) is 38.9. The lowest BCUT2D eigenvalue weighted by Crippen LogP contribution is -1.84. The summed E-state index contributed by atoms with van der Waals surface area (Å²) in [5.74, 6) is 0. The van der Waals surface area contributed by atoms with E-state index in [2.05, 4.69) is 105 Å². The summed E-state index contributed by atoms with van der Waals surface area (Å²) in [5, 5.41) is 8.95. The molecule has 0 aromatic rings. The number of hydrogen-bond donors (Lipinski definition) is 1. The molecule has 41 heavy (non-hydrogen) atoms. The van der Waals surface area contributed by atoms with Crippen LogP contribution in [0.1, 0.15) is 152 Å².